The van der Waals surface area contributed by atoms with Crippen LogP contribution in [0.1, 0.15) is 21.6 Å². The van der Waals surface area contributed by atoms with Crippen LogP contribution in [0, 0.1) is 11.3 Å². The zero-order chi connectivity index (χ0) is 17.0. The van der Waals surface area contributed by atoms with E-state index in [1.165, 1.54) is 6.21 Å². The van der Waals surface area contributed by atoms with Crippen LogP contribution in [-0.4, -0.2) is 17.2 Å². The topological polar surface area (TPSA) is 101 Å². The number of nitrogens with zero attached hydrogens (tertiary/aromatic N) is 3. The van der Waals surface area contributed by atoms with E-state index in [2.05, 4.69) is 15.5 Å². The molecule has 1 N–H and O–H groups in total. The van der Waals surface area contributed by atoms with Crippen molar-refractivity contribution >= 4 is 52.7 Å². The monoisotopic (exact) mass is 367 g/mol. The van der Waals surface area contributed by atoms with Gasteiger partial charge in [-0.1, -0.05) is 46.9 Å². The van der Waals surface area contributed by atoms with Gasteiger partial charge in [-0.15, -0.1) is 0 Å². The number of hydrogen-bond acceptors (Lipinski definition) is 6. The van der Waals surface area contributed by atoms with E-state index < -0.39 is 11.7 Å². The zero-order valence-electron chi connectivity index (χ0n) is 11.2. The Balaban J connectivity index is 2.27. The number of anilines is 1. The summed E-state index contributed by atoms with van der Waals surface area (Å²) in [4.78, 5) is 14.5. The molecule has 0 saturated carbocycles. The number of aromatic nitrogens is 1. The quantitative estimate of drug-likeness (QED) is 0.508. The normalized spacial score (nSPS) is 10.5. The number of carbonyl (C=O) groups excluding carboxylic acids is 1. The smallest absolute Gasteiger partial charge is 0.150 e. The van der Waals surface area contributed by atoms with Gasteiger partial charge in [-0.25, -0.2) is 4.98 Å². The minimum Gasteiger partial charge on any atom is -0.543 e. The minimum atomic E-state index is -1.59. The summed E-state index contributed by atoms with van der Waals surface area (Å²) in [5.41, 5.74) is 3.19. The molecule has 0 fully saturated rings. The number of halogens is 3. The number of nitriles is 1. The number of hydrogen-bond donors (Lipinski definition) is 1. The van der Waals surface area contributed by atoms with Crippen molar-refractivity contribution in [3.05, 3.63) is 56.3 Å². The van der Waals surface area contributed by atoms with Crippen LogP contribution in [0.15, 0.2) is 29.4 Å². The van der Waals surface area contributed by atoms with Crippen LogP contribution in [0.25, 0.3) is 0 Å². The van der Waals surface area contributed by atoms with Crippen LogP contribution < -0.4 is 10.5 Å². The van der Waals surface area contributed by atoms with Crippen molar-refractivity contribution in [3.8, 4) is 6.07 Å². The number of aromatic carboxylic acids is 1. The molecular weight excluding hydrogens is 363 g/mol. The van der Waals surface area contributed by atoms with Crippen LogP contribution in [0.3, 0.4) is 0 Å². The Bertz CT molecular complexity index is 829. The third kappa shape index (κ3) is 3.90. The molecule has 0 unspecified atom stereocenters. The standard InChI is InChI=1S/C14H7Cl3N4O2/c15-9-11(10(16)13(17)20-12(9)14(22)23)21-19-6-8-3-1-7(5-18)2-4-8/h1-4,6H,(H,20,21)(H,22,23)/p-1/b19-6-. The molecule has 1 aromatic carbocycles. The van der Waals surface area contributed by atoms with E-state index in [-0.39, 0.29) is 20.9 Å². The fourth-order valence-electron chi connectivity index (χ4n) is 1.56. The summed E-state index contributed by atoms with van der Waals surface area (Å²) in [6.07, 6.45) is 1.43. The summed E-state index contributed by atoms with van der Waals surface area (Å²) in [5, 5.41) is 23.0. The maximum Gasteiger partial charge on any atom is 0.150 e. The van der Waals surface area contributed by atoms with Gasteiger partial charge in [-0.3, -0.25) is 5.43 Å². The molecule has 0 bridgehead atoms. The molecule has 0 aliphatic rings. The highest BCUT2D eigenvalue weighted by Crippen LogP contribution is 2.36. The van der Waals surface area contributed by atoms with Gasteiger partial charge >= 0.3 is 0 Å². The van der Waals surface area contributed by atoms with E-state index in [9.17, 15) is 9.90 Å². The Labute approximate surface area is 145 Å². The van der Waals surface area contributed by atoms with Crippen molar-refractivity contribution in [2.45, 2.75) is 0 Å². The second-order valence-corrected chi connectivity index (χ2v) is 5.26. The van der Waals surface area contributed by atoms with E-state index >= 15 is 0 Å². The second kappa shape index (κ2) is 7.29. The highest BCUT2D eigenvalue weighted by molar-refractivity contribution is 6.46. The van der Waals surface area contributed by atoms with Gasteiger partial charge in [-0.05, 0) is 17.7 Å². The minimum absolute atomic E-state index is 0.00238. The summed E-state index contributed by atoms with van der Waals surface area (Å²) in [5.74, 6) is -1.59. The molecule has 0 spiro atoms. The predicted molar refractivity (Wildman–Crippen MR) is 86.0 cm³/mol. The molecule has 2 rings (SSSR count). The molecule has 9 heteroatoms. The fourth-order valence-corrected chi connectivity index (χ4v) is 2.23. The van der Waals surface area contributed by atoms with Gasteiger partial charge in [0.15, 0.2) is 5.15 Å². The molecule has 116 valence electrons. The van der Waals surface area contributed by atoms with E-state index in [0.29, 0.717) is 11.1 Å². The molecular formula is C14H6Cl3N4O2-. The average Bonchev–Trinajstić information content (AvgIpc) is 2.54. The van der Waals surface area contributed by atoms with Gasteiger partial charge in [0, 0.05) is 0 Å². The summed E-state index contributed by atoms with van der Waals surface area (Å²) in [6, 6.07) is 8.60. The van der Waals surface area contributed by atoms with Crippen molar-refractivity contribution in [2.24, 2.45) is 5.10 Å². The number of nitrogens with one attached hydrogen (secondary N) is 1. The van der Waals surface area contributed by atoms with Crippen LogP contribution in [0.4, 0.5) is 5.69 Å². The van der Waals surface area contributed by atoms with Crippen molar-refractivity contribution < 1.29 is 9.90 Å². The number of carbonyl (C=O) groups is 1. The van der Waals surface area contributed by atoms with Crippen molar-refractivity contribution in [1.82, 2.24) is 4.98 Å². The molecule has 2 aromatic rings. The van der Waals surface area contributed by atoms with E-state index in [1.54, 1.807) is 24.3 Å². The zero-order valence-corrected chi connectivity index (χ0v) is 13.4. The van der Waals surface area contributed by atoms with Gasteiger partial charge in [0.2, 0.25) is 0 Å². The molecule has 23 heavy (non-hydrogen) atoms. The third-order valence-corrected chi connectivity index (χ3v) is 3.77. The summed E-state index contributed by atoms with van der Waals surface area (Å²) < 4.78 is 0. The number of carboxylic acid groups (broad SMARTS) is 1. The first-order chi connectivity index (χ1) is 10.9. The number of rotatable bonds is 4. The molecule has 0 atom stereocenters. The Morgan fingerprint density at radius 1 is 1.26 bits per heavy atom. The van der Waals surface area contributed by atoms with E-state index in [4.69, 9.17) is 40.1 Å². The van der Waals surface area contributed by atoms with Crippen LogP contribution >= 0.6 is 34.8 Å². The molecule has 0 aliphatic heterocycles. The van der Waals surface area contributed by atoms with Crippen molar-refractivity contribution in [3.63, 3.8) is 0 Å². The number of carboxylic acids is 1. The molecule has 1 heterocycles. The maximum atomic E-state index is 10.9. The lowest BCUT2D eigenvalue weighted by Crippen LogP contribution is -2.24. The van der Waals surface area contributed by atoms with Crippen LogP contribution in [0.2, 0.25) is 15.2 Å². The lowest BCUT2D eigenvalue weighted by Gasteiger charge is -2.12. The predicted octanol–water partition coefficient (Wildman–Crippen LogP) is 2.72. The molecule has 1 aromatic heterocycles. The highest BCUT2D eigenvalue weighted by Gasteiger charge is 2.16. The van der Waals surface area contributed by atoms with Crippen LogP contribution in [0.5, 0.6) is 0 Å². The summed E-state index contributed by atoms with van der Waals surface area (Å²) in [7, 11) is 0. The third-order valence-electron chi connectivity index (χ3n) is 2.66. The van der Waals surface area contributed by atoms with Gasteiger partial charge in [0.05, 0.1) is 34.5 Å². The molecule has 0 amide bonds. The number of pyridine rings is 1. The van der Waals surface area contributed by atoms with E-state index in [1.807, 2.05) is 6.07 Å². The van der Waals surface area contributed by atoms with E-state index in [0.717, 1.165) is 0 Å². The molecule has 6 nitrogen and oxygen atoms in total. The maximum absolute atomic E-state index is 10.9. The Morgan fingerprint density at radius 2 is 1.91 bits per heavy atom. The highest BCUT2D eigenvalue weighted by atomic mass is 35.5. The number of hydrazone groups is 1. The Kier molecular flexibility index (Phi) is 5.40. The SMILES string of the molecule is N#Cc1ccc(/C=N\Nc2c(Cl)c(Cl)nc(C(=O)[O-])c2Cl)cc1. The van der Waals surface area contributed by atoms with Crippen LogP contribution in [-0.2, 0) is 0 Å². The molecule has 0 aliphatic carbocycles. The Morgan fingerprint density at radius 3 is 2.48 bits per heavy atom. The van der Waals surface area contributed by atoms with Gasteiger partial charge in [0.25, 0.3) is 0 Å². The van der Waals surface area contributed by atoms with Crippen molar-refractivity contribution in [1.29, 1.82) is 5.26 Å². The summed E-state index contributed by atoms with van der Waals surface area (Å²) in [6.45, 7) is 0. The largest absolute Gasteiger partial charge is 0.543 e. The first-order valence-corrected chi connectivity index (χ1v) is 7.12. The van der Waals surface area contributed by atoms with Crippen molar-refractivity contribution in [2.75, 3.05) is 5.43 Å². The fraction of sp³-hybridized carbons (Fsp3) is 0. The lowest BCUT2D eigenvalue weighted by molar-refractivity contribution is -0.255. The van der Waals surface area contributed by atoms with Gasteiger partial charge in [0.1, 0.15) is 10.7 Å². The first kappa shape index (κ1) is 17.0. The molecule has 0 radical (unpaired) electrons. The molecule has 0 saturated heterocycles. The van der Waals surface area contributed by atoms with Gasteiger partial charge in [-0.2, -0.15) is 10.4 Å². The summed E-state index contributed by atoms with van der Waals surface area (Å²) >= 11 is 17.6. The number of benzene rings is 1. The van der Waals surface area contributed by atoms with Gasteiger partial charge < -0.3 is 9.90 Å². The first-order valence-electron chi connectivity index (χ1n) is 5.99. The Hall–Kier alpha value is -2.33. The second-order valence-electron chi connectivity index (χ2n) is 4.15. The lowest BCUT2D eigenvalue weighted by atomic mass is 10.2. The average molecular weight is 369 g/mol.